The molecule has 2 fully saturated rings. The topological polar surface area (TPSA) is 83.0 Å². The second-order valence-electron chi connectivity index (χ2n) is 6.47. The fourth-order valence-corrected chi connectivity index (χ4v) is 3.21. The van der Waals surface area contributed by atoms with Crippen molar-refractivity contribution in [2.75, 3.05) is 38.0 Å². The van der Waals surface area contributed by atoms with Gasteiger partial charge in [-0.05, 0) is 30.7 Å². The van der Waals surface area contributed by atoms with Crippen molar-refractivity contribution in [3.63, 3.8) is 0 Å². The predicted octanol–water partition coefficient (Wildman–Crippen LogP) is -1.23. The van der Waals surface area contributed by atoms with E-state index in [0.717, 1.165) is 4.90 Å². The second-order valence-corrected chi connectivity index (χ2v) is 6.47. The van der Waals surface area contributed by atoms with Crippen molar-refractivity contribution in [2.24, 2.45) is 0 Å². The number of carbonyl (C=O) groups excluding carboxylic acids is 3. The number of hydrogen-bond acceptors (Lipinski definition) is 3. The van der Waals surface area contributed by atoms with Gasteiger partial charge in [0.25, 0.3) is 5.91 Å². The quantitative estimate of drug-likeness (QED) is 0.637. The van der Waals surface area contributed by atoms with Crippen molar-refractivity contribution in [2.45, 2.75) is 18.9 Å². The van der Waals surface area contributed by atoms with Gasteiger partial charge in [0.2, 0.25) is 11.8 Å². The van der Waals surface area contributed by atoms with Crippen LogP contribution in [0.5, 0.6) is 0 Å². The highest BCUT2D eigenvalue weighted by Gasteiger charge is 2.33. The van der Waals surface area contributed by atoms with Gasteiger partial charge in [0.1, 0.15) is 11.9 Å². The van der Waals surface area contributed by atoms with E-state index in [0.29, 0.717) is 51.3 Å². The lowest BCUT2D eigenvalue weighted by molar-refractivity contribution is -0.895. The molecule has 1 aromatic rings. The summed E-state index contributed by atoms with van der Waals surface area (Å²) in [6.45, 7) is 2.82. The molecule has 0 unspecified atom stereocenters. The maximum absolute atomic E-state index is 12.9. The highest BCUT2D eigenvalue weighted by Crippen LogP contribution is 2.10. The van der Waals surface area contributed by atoms with Crippen LogP contribution >= 0.6 is 0 Å². The van der Waals surface area contributed by atoms with Crippen LogP contribution in [-0.2, 0) is 14.4 Å². The molecule has 3 N–H and O–H groups in total. The summed E-state index contributed by atoms with van der Waals surface area (Å²) in [5.41, 5.74) is 0.566. The first-order valence-electron chi connectivity index (χ1n) is 8.48. The molecule has 134 valence electrons. The molecule has 3 rings (SSSR count). The first-order valence-corrected chi connectivity index (χ1v) is 8.48. The van der Waals surface area contributed by atoms with Crippen LogP contribution in [0.15, 0.2) is 24.3 Å². The first kappa shape index (κ1) is 17.3. The molecule has 0 saturated carbocycles. The molecule has 2 saturated heterocycles. The molecule has 1 aromatic carbocycles. The molecule has 1 atom stereocenters. The molecule has 2 heterocycles. The van der Waals surface area contributed by atoms with Crippen LogP contribution in [0, 0.1) is 5.82 Å². The van der Waals surface area contributed by atoms with E-state index in [2.05, 4.69) is 10.6 Å². The van der Waals surface area contributed by atoms with Gasteiger partial charge in [0.15, 0.2) is 6.54 Å². The zero-order valence-electron chi connectivity index (χ0n) is 13.9. The van der Waals surface area contributed by atoms with E-state index in [4.69, 9.17) is 0 Å². The van der Waals surface area contributed by atoms with Gasteiger partial charge >= 0.3 is 0 Å². The van der Waals surface area contributed by atoms with E-state index in [-0.39, 0.29) is 23.5 Å². The molecular formula is C17H22FN4O3+. The number of hydrogen-bond donors (Lipinski definition) is 3. The molecule has 0 aromatic heterocycles. The van der Waals surface area contributed by atoms with E-state index in [1.807, 2.05) is 0 Å². The van der Waals surface area contributed by atoms with E-state index in [1.54, 1.807) is 4.90 Å². The molecule has 7 nitrogen and oxygen atoms in total. The van der Waals surface area contributed by atoms with Crippen LogP contribution in [0.2, 0.25) is 0 Å². The highest BCUT2D eigenvalue weighted by atomic mass is 19.1. The lowest BCUT2D eigenvalue weighted by atomic mass is 10.2. The van der Waals surface area contributed by atoms with Crippen LogP contribution < -0.4 is 15.5 Å². The van der Waals surface area contributed by atoms with Gasteiger partial charge in [-0.2, -0.15) is 0 Å². The Morgan fingerprint density at radius 2 is 1.92 bits per heavy atom. The number of anilines is 1. The van der Waals surface area contributed by atoms with Crippen LogP contribution in [0.25, 0.3) is 0 Å². The number of amides is 3. The lowest BCUT2D eigenvalue weighted by Gasteiger charge is -2.33. The number of rotatable bonds is 4. The summed E-state index contributed by atoms with van der Waals surface area (Å²) in [5, 5.41) is 5.44. The average molecular weight is 349 g/mol. The van der Waals surface area contributed by atoms with E-state index < -0.39 is 6.04 Å². The Hall–Kier alpha value is -2.48. The Bertz CT molecular complexity index is 656. The number of quaternary nitrogens is 1. The number of benzene rings is 1. The SMILES string of the molecule is O=C(C[NH+]1CCN(C(=O)[C@H]2CCC(=O)N2)CC1)Nc1ccc(F)cc1. The minimum Gasteiger partial charge on any atom is -0.344 e. The number of nitrogens with zero attached hydrogens (tertiary/aromatic N) is 1. The van der Waals surface area contributed by atoms with Gasteiger partial charge in [-0.25, -0.2) is 4.39 Å². The van der Waals surface area contributed by atoms with Crippen molar-refractivity contribution in [3.8, 4) is 0 Å². The molecule has 0 radical (unpaired) electrons. The summed E-state index contributed by atoms with van der Waals surface area (Å²) in [7, 11) is 0. The average Bonchev–Trinajstić information content (AvgIpc) is 3.03. The first-order chi connectivity index (χ1) is 12.0. The zero-order chi connectivity index (χ0) is 17.8. The maximum atomic E-state index is 12.9. The number of halogens is 1. The van der Waals surface area contributed by atoms with Crippen LogP contribution in [0.1, 0.15) is 12.8 Å². The van der Waals surface area contributed by atoms with Gasteiger partial charge in [0, 0.05) is 12.1 Å². The Labute approximate surface area is 145 Å². The minimum absolute atomic E-state index is 0.0272. The minimum atomic E-state index is -0.393. The molecule has 8 heteroatoms. The third-order valence-electron chi connectivity index (χ3n) is 4.61. The molecular weight excluding hydrogens is 327 g/mol. The monoisotopic (exact) mass is 349 g/mol. The van der Waals surface area contributed by atoms with E-state index >= 15 is 0 Å². The summed E-state index contributed by atoms with van der Waals surface area (Å²) in [5.74, 6) is -0.576. The predicted molar refractivity (Wildman–Crippen MR) is 88.3 cm³/mol. The zero-order valence-corrected chi connectivity index (χ0v) is 13.9. The molecule has 0 spiro atoms. The normalized spacial score (nSPS) is 21.1. The summed E-state index contributed by atoms with van der Waals surface area (Å²) in [6.07, 6.45) is 0.968. The summed E-state index contributed by atoms with van der Waals surface area (Å²) < 4.78 is 12.9. The molecule has 2 aliphatic heterocycles. The van der Waals surface area contributed by atoms with Crippen molar-refractivity contribution in [3.05, 3.63) is 30.1 Å². The molecule has 2 aliphatic rings. The molecule has 0 aliphatic carbocycles. The standard InChI is InChI=1S/C17H21FN4O3/c18-12-1-3-13(4-2-12)19-16(24)11-21-7-9-22(10-8-21)17(25)14-5-6-15(23)20-14/h1-4,14H,5-11H2,(H,19,24)(H,20,23)/p+1/t14-/m1/s1. The van der Waals surface area contributed by atoms with Gasteiger partial charge in [0.05, 0.1) is 26.2 Å². The van der Waals surface area contributed by atoms with Crippen molar-refractivity contribution in [1.82, 2.24) is 10.2 Å². The van der Waals surface area contributed by atoms with Crippen molar-refractivity contribution in [1.29, 1.82) is 0 Å². The molecule has 3 amide bonds. The largest absolute Gasteiger partial charge is 0.344 e. The van der Waals surface area contributed by atoms with E-state index in [9.17, 15) is 18.8 Å². The van der Waals surface area contributed by atoms with Crippen molar-refractivity contribution < 1.29 is 23.7 Å². The fourth-order valence-electron chi connectivity index (χ4n) is 3.21. The number of piperazine rings is 1. The van der Waals surface area contributed by atoms with Gasteiger partial charge in [-0.15, -0.1) is 0 Å². The lowest BCUT2D eigenvalue weighted by Crippen LogP contribution is -3.15. The van der Waals surface area contributed by atoms with Gasteiger partial charge < -0.3 is 20.4 Å². The third-order valence-corrected chi connectivity index (χ3v) is 4.61. The molecule has 25 heavy (non-hydrogen) atoms. The second kappa shape index (κ2) is 7.60. The fraction of sp³-hybridized carbons (Fsp3) is 0.471. The third kappa shape index (κ3) is 4.54. The van der Waals surface area contributed by atoms with Crippen molar-refractivity contribution >= 4 is 23.4 Å². The van der Waals surface area contributed by atoms with Gasteiger partial charge in [-0.3, -0.25) is 14.4 Å². The Balaban J connectivity index is 1.42. The maximum Gasteiger partial charge on any atom is 0.279 e. The highest BCUT2D eigenvalue weighted by molar-refractivity contribution is 5.91. The van der Waals surface area contributed by atoms with Crippen LogP contribution in [0.4, 0.5) is 10.1 Å². The summed E-state index contributed by atoms with van der Waals surface area (Å²) >= 11 is 0. The molecule has 0 bridgehead atoms. The van der Waals surface area contributed by atoms with Crippen LogP contribution in [0.3, 0.4) is 0 Å². The van der Waals surface area contributed by atoms with Crippen LogP contribution in [-0.4, -0.2) is 61.4 Å². The number of nitrogens with one attached hydrogen (secondary N) is 3. The van der Waals surface area contributed by atoms with E-state index in [1.165, 1.54) is 24.3 Å². The number of carbonyl (C=O) groups is 3. The Morgan fingerprint density at radius 3 is 2.52 bits per heavy atom. The summed E-state index contributed by atoms with van der Waals surface area (Å²) in [4.78, 5) is 38.5. The summed E-state index contributed by atoms with van der Waals surface area (Å²) in [6, 6.07) is 5.25. The van der Waals surface area contributed by atoms with Gasteiger partial charge in [-0.1, -0.05) is 0 Å². The smallest absolute Gasteiger partial charge is 0.279 e. The Kier molecular flexibility index (Phi) is 5.28. The Morgan fingerprint density at radius 1 is 1.24 bits per heavy atom.